The standard InChI is InChI=1S/C20H34.CH3O.4CH3.Al.2ClH.Zn/c1-2-7-19-14-15(13-18(19)6-1)9-10-17-12-11-16-5-3-4-8-20(16)17;1-2;;;;;;;;/h15-20H,1-14H2;1H3;4*1H3;;2*1H;/q;-1;;;2*-1;+1;;;+2/p-2. The van der Waals surface area contributed by atoms with Gasteiger partial charge in [0.2, 0.25) is 0 Å². The van der Waals surface area contributed by atoms with E-state index in [2.05, 4.69) is 11.6 Å². The summed E-state index contributed by atoms with van der Waals surface area (Å²) < 4.78 is 4.89. The number of halogens is 2. The summed E-state index contributed by atoms with van der Waals surface area (Å²) in [6.07, 6.45) is 22.1. The average molecular weight is 529 g/mol. The third kappa shape index (κ3) is 10.7. The Bertz CT molecular complexity index is 399. The van der Waals surface area contributed by atoms with Crippen molar-refractivity contribution in [3.63, 3.8) is 0 Å². The van der Waals surface area contributed by atoms with Gasteiger partial charge in [0.05, 0.1) is 0 Å². The number of hydrogen-bond acceptors (Lipinski definition) is 1. The van der Waals surface area contributed by atoms with Crippen LogP contribution in [-0.2, 0) is 18.9 Å². The first kappa shape index (κ1) is 31.7. The molecule has 5 unspecified atom stereocenters. The molecule has 0 heterocycles. The normalized spacial score (nSPS) is 33.6. The van der Waals surface area contributed by atoms with Crippen molar-refractivity contribution < 1.29 is 18.9 Å². The van der Waals surface area contributed by atoms with Gasteiger partial charge in [-0.1, -0.05) is 62.9 Å². The van der Waals surface area contributed by atoms with Crippen LogP contribution in [0.4, 0.5) is 0 Å². The second kappa shape index (κ2) is 18.1. The van der Waals surface area contributed by atoms with Gasteiger partial charge in [0.15, 0.2) is 0 Å². The molecular weight excluding hydrogens is 480 g/mol. The van der Waals surface area contributed by atoms with Crippen molar-refractivity contribution >= 4 is 33.9 Å². The summed E-state index contributed by atoms with van der Waals surface area (Å²) in [4.78, 5) is 0. The van der Waals surface area contributed by atoms with Gasteiger partial charge in [-0.15, -0.1) is 0 Å². The van der Waals surface area contributed by atoms with E-state index in [1.54, 1.807) is 97.0 Å². The molecule has 4 saturated carbocycles. The zero-order chi connectivity index (χ0) is 20.4. The first-order chi connectivity index (χ1) is 13.6. The topological polar surface area (TPSA) is 9.23 Å². The van der Waals surface area contributed by atoms with Crippen molar-refractivity contribution in [2.45, 2.75) is 101 Å². The van der Waals surface area contributed by atoms with Crippen LogP contribution in [0.3, 0.4) is 0 Å². The molecule has 0 aliphatic heterocycles. The molecule has 0 saturated heterocycles. The minimum absolute atomic E-state index is 0. The van der Waals surface area contributed by atoms with E-state index in [-0.39, 0.29) is 14.9 Å². The van der Waals surface area contributed by atoms with Crippen LogP contribution in [0.2, 0.25) is 11.6 Å². The third-order valence-electron chi connectivity index (χ3n) is 8.24. The summed E-state index contributed by atoms with van der Waals surface area (Å²) in [6.45, 7) is 0. The molecule has 0 aromatic rings. The molecule has 0 amide bonds. The van der Waals surface area contributed by atoms with Gasteiger partial charge in [0.25, 0.3) is 0 Å². The summed E-state index contributed by atoms with van der Waals surface area (Å²) in [5, 5.41) is 0. The van der Waals surface area contributed by atoms with Crippen molar-refractivity contribution in [1.29, 1.82) is 0 Å². The molecule has 176 valence electrons. The Labute approximate surface area is 210 Å². The van der Waals surface area contributed by atoms with Crippen LogP contribution in [0, 0.1) is 50.4 Å². The van der Waals surface area contributed by atoms with Crippen LogP contribution in [0.15, 0.2) is 0 Å². The molecule has 30 heavy (non-hydrogen) atoms. The summed E-state index contributed by atoms with van der Waals surface area (Å²) >= 11 is -1.58. The summed E-state index contributed by atoms with van der Waals surface area (Å²) in [5.41, 5.74) is 0. The van der Waals surface area contributed by atoms with E-state index in [9.17, 15) is 0 Å². The summed E-state index contributed by atoms with van der Waals surface area (Å²) in [5.74, 6) is 11.2. The van der Waals surface area contributed by atoms with Crippen molar-refractivity contribution in [3.05, 3.63) is 14.9 Å². The van der Waals surface area contributed by atoms with Crippen LogP contribution in [0.1, 0.15) is 89.9 Å². The van der Waals surface area contributed by atoms with Gasteiger partial charge >= 0.3 is 49.0 Å². The molecule has 0 aromatic heterocycles. The van der Waals surface area contributed by atoms with Gasteiger partial charge < -0.3 is 18.6 Å². The maximum absolute atomic E-state index is 4.95. The van der Waals surface area contributed by atoms with Gasteiger partial charge in [-0.05, 0) is 74.0 Å². The van der Waals surface area contributed by atoms with Gasteiger partial charge in [0, 0.05) is 7.11 Å². The van der Waals surface area contributed by atoms with E-state index in [0.717, 1.165) is 35.5 Å². The van der Waals surface area contributed by atoms with Gasteiger partial charge in [-0.3, -0.25) is 0 Å². The van der Waals surface area contributed by atoms with Crippen LogP contribution in [0.25, 0.3) is 0 Å². The minimum atomic E-state index is -0.931. The summed E-state index contributed by atoms with van der Waals surface area (Å²) in [7, 11) is 11.7. The zero-order valence-corrected chi connectivity index (χ0v) is 26.4. The van der Waals surface area contributed by atoms with E-state index in [0.29, 0.717) is 0 Å². The first-order valence-corrected chi connectivity index (χ1v) is 22.8. The van der Waals surface area contributed by atoms with Gasteiger partial charge in [0.1, 0.15) is 0 Å². The average Bonchev–Trinajstić information content (AvgIpc) is 3.31. The Morgan fingerprint density at radius 1 is 0.767 bits per heavy atom. The molecule has 5 heteroatoms. The van der Waals surface area contributed by atoms with Crippen molar-refractivity contribution in [2.75, 3.05) is 7.11 Å². The SMILES string of the molecule is C1CCC2CC(CCC3CCC4CCCCC43)CC2C1.C[O][Al]([CH3])[CH3].[CH3-].[CH3-].[Cl][Zn][Cl]. The third-order valence-corrected chi connectivity index (χ3v) is 9.18. The molecule has 4 fully saturated rings. The van der Waals surface area contributed by atoms with E-state index < -0.39 is 29.6 Å². The van der Waals surface area contributed by atoms with Crippen LogP contribution < -0.4 is 0 Å². The predicted molar refractivity (Wildman–Crippen MR) is 135 cm³/mol. The Morgan fingerprint density at radius 2 is 1.23 bits per heavy atom. The van der Waals surface area contributed by atoms with Gasteiger partial charge in [-0.2, -0.15) is 0 Å². The number of hydrogen-bond donors (Lipinski definition) is 0. The zero-order valence-electron chi connectivity index (χ0n) is 20.8. The maximum atomic E-state index is 4.95. The van der Waals surface area contributed by atoms with Crippen molar-refractivity contribution in [1.82, 2.24) is 0 Å². The molecule has 4 aliphatic rings. The fourth-order valence-corrected chi connectivity index (χ4v) is 6.76. The van der Waals surface area contributed by atoms with Crippen molar-refractivity contribution in [3.8, 4) is 0 Å². The second-order valence-electron chi connectivity index (χ2n) is 10.2. The molecule has 0 bridgehead atoms. The molecule has 0 aromatic carbocycles. The molecule has 4 rings (SSSR count). The number of fused-ring (bicyclic) bond motifs is 2. The van der Waals surface area contributed by atoms with E-state index in [1.165, 1.54) is 0 Å². The molecule has 0 spiro atoms. The Hall–Kier alpha value is 1.70. The van der Waals surface area contributed by atoms with Crippen LogP contribution in [0.5, 0.6) is 0 Å². The second-order valence-corrected chi connectivity index (χ2v) is 17.3. The predicted octanol–water partition coefficient (Wildman–Crippen LogP) is 9.36. The number of rotatable bonds is 4. The Balaban J connectivity index is 0.000000735. The fourth-order valence-electron chi connectivity index (χ4n) is 6.76. The van der Waals surface area contributed by atoms with Crippen LogP contribution in [-0.4, -0.2) is 21.6 Å². The van der Waals surface area contributed by atoms with E-state index in [4.69, 9.17) is 23.2 Å². The molecular formula is C25H49AlCl2OZn-2. The molecule has 0 N–H and O–H groups in total. The molecule has 5 atom stereocenters. The quantitative estimate of drug-likeness (QED) is 0.261. The Morgan fingerprint density at radius 3 is 1.73 bits per heavy atom. The van der Waals surface area contributed by atoms with Crippen molar-refractivity contribution in [2.24, 2.45) is 35.5 Å². The summed E-state index contributed by atoms with van der Waals surface area (Å²) in [6, 6.07) is 0. The molecule has 0 radical (unpaired) electrons. The Kier molecular flexibility index (Phi) is 19.1. The molecule has 1 nitrogen and oxygen atoms in total. The molecule has 4 aliphatic carbocycles. The van der Waals surface area contributed by atoms with E-state index in [1.807, 2.05) is 0 Å². The fraction of sp³-hybridized carbons (Fsp3) is 0.920. The monoisotopic (exact) mass is 526 g/mol. The van der Waals surface area contributed by atoms with Gasteiger partial charge in [-0.25, -0.2) is 0 Å². The van der Waals surface area contributed by atoms with Crippen LogP contribution >= 0.6 is 19.4 Å². The first-order valence-electron chi connectivity index (χ1n) is 12.2. The van der Waals surface area contributed by atoms with E-state index >= 15 is 0 Å².